The molecule has 0 spiro atoms. The molecule has 286 valence electrons. The van der Waals surface area contributed by atoms with Crippen LogP contribution in [0.3, 0.4) is 0 Å². The zero-order valence-electron chi connectivity index (χ0n) is 29.6. The smallest absolute Gasteiger partial charge is 0.303 e. The van der Waals surface area contributed by atoms with Gasteiger partial charge in [-0.05, 0) is 25.8 Å². The lowest BCUT2D eigenvalue weighted by atomic mass is 9.91. The molecule has 0 fully saturated rings. The molecule has 17 heteroatoms. The molecule has 53 heavy (non-hydrogen) atoms. The summed E-state index contributed by atoms with van der Waals surface area (Å²) in [6, 6.07) is 6.79. The molecule has 1 aliphatic rings. The number of imide groups is 1. The number of rotatable bonds is 25. The summed E-state index contributed by atoms with van der Waals surface area (Å²) < 4.78 is 0. The number of Topliss-reactive ketones (excluding diaryl/α,β-unsaturated/α-hetero) is 4. The average Bonchev–Trinajstić information content (AvgIpc) is 3.44. The van der Waals surface area contributed by atoms with Crippen molar-refractivity contribution >= 4 is 64.5 Å². The Hall–Kier alpha value is -5.87. The molecule has 0 unspecified atom stereocenters. The number of hydrogen-bond donors (Lipinski definition) is 5. The fourth-order valence-corrected chi connectivity index (χ4v) is 4.95. The monoisotopic (exact) mass is 739 g/mol. The minimum Gasteiger partial charge on any atom is -0.481 e. The summed E-state index contributed by atoms with van der Waals surface area (Å²) in [5.74, 6) is -7.39. The highest BCUT2D eigenvalue weighted by atomic mass is 16.4. The topological polar surface area (TPSA) is 259 Å². The summed E-state index contributed by atoms with van der Waals surface area (Å²) in [4.78, 5) is 134. The number of carboxylic acid groups (broad SMARTS) is 1. The zero-order chi connectivity index (χ0) is 39.5. The fourth-order valence-electron chi connectivity index (χ4n) is 4.95. The van der Waals surface area contributed by atoms with Crippen LogP contribution in [0.2, 0.25) is 0 Å². The first-order chi connectivity index (χ1) is 25.0. The van der Waals surface area contributed by atoms with Gasteiger partial charge in [-0.1, -0.05) is 30.3 Å². The average molecular weight is 740 g/mol. The number of carbonyl (C=O) groups is 11. The molecule has 2 rings (SSSR count). The Labute approximate surface area is 305 Å². The van der Waals surface area contributed by atoms with Gasteiger partial charge in [-0.25, -0.2) is 0 Å². The molecular weight excluding hydrogens is 694 g/mol. The maximum atomic E-state index is 13.3. The van der Waals surface area contributed by atoms with Gasteiger partial charge in [0.05, 0.1) is 31.6 Å². The van der Waals surface area contributed by atoms with Gasteiger partial charge in [0.25, 0.3) is 11.8 Å². The number of nitrogens with zero attached hydrogens (tertiary/aromatic N) is 1. The first kappa shape index (κ1) is 43.3. The Morgan fingerprint density at radius 3 is 1.75 bits per heavy atom. The second-order valence-electron chi connectivity index (χ2n) is 12.5. The van der Waals surface area contributed by atoms with E-state index in [0.717, 1.165) is 22.6 Å². The van der Waals surface area contributed by atoms with Crippen LogP contribution in [-0.4, -0.2) is 106 Å². The van der Waals surface area contributed by atoms with Crippen LogP contribution < -0.4 is 21.3 Å². The van der Waals surface area contributed by atoms with Gasteiger partial charge in [0.15, 0.2) is 23.1 Å². The molecule has 1 heterocycles. The standard InChI is InChI=1S/C36H45N5O12/c1-22(28(44)10-12-30(46)37-21-27(43)9-15-35(51)52)40-36(53)25(18-24-6-4-3-5-7-24)19-29(45)23(2)39-32(48)11-8-26(42)20-38-31(47)16-17-41-33(49)13-14-34(41)50/h3-7,13-14,22-23,25H,8-12,15-21H2,1-2H3,(H,37,46)(H,38,47)(H,39,48)(H,40,53)(H,51,52)/t22-,23-,25+/m0/s1. The quantitative estimate of drug-likeness (QED) is 0.0795. The summed E-state index contributed by atoms with van der Waals surface area (Å²) in [6.45, 7) is 1.98. The molecular formula is C36H45N5O12. The lowest BCUT2D eigenvalue weighted by Gasteiger charge is -2.21. The molecule has 3 atom stereocenters. The third-order valence-corrected chi connectivity index (χ3v) is 8.12. The third-order valence-electron chi connectivity index (χ3n) is 8.12. The van der Waals surface area contributed by atoms with Gasteiger partial charge >= 0.3 is 5.97 Å². The molecule has 0 aromatic heterocycles. The van der Waals surface area contributed by atoms with Gasteiger partial charge in [-0.15, -0.1) is 0 Å². The minimum atomic E-state index is -1.14. The van der Waals surface area contributed by atoms with E-state index in [1.807, 2.05) is 0 Å². The first-order valence-electron chi connectivity index (χ1n) is 17.1. The number of aliphatic carboxylic acids is 1. The SMILES string of the molecule is C[C@H](NC(=O)CCC(=O)CNC(=O)CCN1C(=O)C=CC1=O)C(=O)C[C@@H](Cc1ccccc1)C(=O)N[C@@H](C)C(=O)CCC(=O)NCC(=O)CCC(=O)O. The van der Waals surface area contributed by atoms with Crippen molar-refractivity contribution < 1.29 is 57.8 Å². The van der Waals surface area contributed by atoms with Gasteiger partial charge in [-0.2, -0.15) is 0 Å². The van der Waals surface area contributed by atoms with Crippen LogP contribution in [0.15, 0.2) is 42.5 Å². The van der Waals surface area contributed by atoms with E-state index in [4.69, 9.17) is 5.11 Å². The number of carboxylic acids is 1. The first-order valence-corrected chi connectivity index (χ1v) is 17.1. The number of carbonyl (C=O) groups excluding carboxylic acids is 10. The van der Waals surface area contributed by atoms with Crippen molar-refractivity contribution in [3.8, 4) is 0 Å². The highest BCUT2D eigenvalue weighted by Gasteiger charge is 2.28. The van der Waals surface area contributed by atoms with E-state index in [9.17, 15) is 52.7 Å². The highest BCUT2D eigenvalue weighted by Crippen LogP contribution is 2.16. The van der Waals surface area contributed by atoms with E-state index in [-0.39, 0.29) is 77.4 Å². The van der Waals surface area contributed by atoms with Crippen LogP contribution in [-0.2, 0) is 59.2 Å². The van der Waals surface area contributed by atoms with E-state index in [1.54, 1.807) is 30.3 Å². The Balaban J connectivity index is 1.82. The molecule has 0 saturated heterocycles. The predicted molar refractivity (Wildman–Crippen MR) is 185 cm³/mol. The van der Waals surface area contributed by atoms with Crippen molar-refractivity contribution in [1.29, 1.82) is 0 Å². The fraction of sp³-hybridized carbons (Fsp3) is 0.472. The van der Waals surface area contributed by atoms with Crippen molar-refractivity contribution in [1.82, 2.24) is 26.2 Å². The van der Waals surface area contributed by atoms with E-state index < -0.39 is 82.5 Å². The number of ketones is 4. The number of nitrogens with one attached hydrogen (secondary N) is 4. The normalized spacial score (nSPS) is 13.7. The number of hydrogen-bond acceptors (Lipinski definition) is 11. The van der Waals surface area contributed by atoms with E-state index in [2.05, 4.69) is 21.3 Å². The van der Waals surface area contributed by atoms with Crippen LogP contribution in [0.1, 0.15) is 70.8 Å². The van der Waals surface area contributed by atoms with Crippen molar-refractivity contribution in [2.45, 2.75) is 83.7 Å². The summed E-state index contributed by atoms with van der Waals surface area (Å²) in [5.41, 5.74) is 0.742. The zero-order valence-corrected chi connectivity index (χ0v) is 29.6. The van der Waals surface area contributed by atoms with Crippen LogP contribution in [0.5, 0.6) is 0 Å². The number of amides is 6. The van der Waals surface area contributed by atoms with Crippen LogP contribution >= 0.6 is 0 Å². The van der Waals surface area contributed by atoms with Crippen molar-refractivity contribution in [2.75, 3.05) is 19.6 Å². The van der Waals surface area contributed by atoms with Crippen LogP contribution in [0.4, 0.5) is 0 Å². The molecule has 0 aliphatic carbocycles. The largest absolute Gasteiger partial charge is 0.481 e. The maximum absolute atomic E-state index is 13.3. The van der Waals surface area contributed by atoms with Crippen molar-refractivity contribution in [3.63, 3.8) is 0 Å². The lowest BCUT2D eigenvalue weighted by Crippen LogP contribution is -2.45. The lowest BCUT2D eigenvalue weighted by molar-refractivity contribution is -0.139. The van der Waals surface area contributed by atoms with Crippen LogP contribution in [0, 0.1) is 5.92 Å². The van der Waals surface area contributed by atoms with Gasteiger partial charge in [0.2, 0.25) is 23.6 Å². The molecule has 5 N–H and O–H groups in total. The molecule has 6 amide bonds. The maximum Gasteiger partial charge on any atom is 0.303 e. The molecule has 0 radical (unpaired) electrons. The summed E-state index contributed by atoms with van der Waals surface area (Å²) in [6.07, 6.45) is 0.192. The Morgan fingerprint density at radius 1 is 0.642 bits per heavy atom. The highest BCUT2D eigenvalue weighted by molar-refractivity contribution is 6.13. The second kappa shape index (κ2) is 22.1. The van der Waals surface area contributed by atoms with E-state index in [1.165, 1.54) is 13.8 Å². The van der Waals surface area contributed by atoms with E-state index >= 15 is 0 Å². The van der Waals surface area contributed by atoms with Crippen LogP contribution in [0.25, 0.3) is 0 Å². The molecule has 17 nitrogen and oxygen atoms in total. The van der Waals surface area contributed by atoms with Gasteiger partial charge < -0.3 is 26.4 Å². The summed E-state index contributed by atoms with van der Waals surface area (Å²) in [7, 11) is 0. The van der Waals surface area contributed by atoms with Crippen molar-refractivity contribution in [3.05, 3.63) is 48.0 Å². The van der Waals surface area contributed by atoms with E-state index in [0.29, 0.717) is 0 Å². The Bertz CT molecular complexity index is 1590. The Morgan fingerprint density at radius 2 is 1.17 bits per heavy atom. The third kappa shape index (κ3) is 16.8. The van der Waals surface area contributed by atoms with Gasteiger partial charge in [-0.3, -0.25) is 57.6 Å². The molecule has 0 bridgehead atoms. The predicted octanol–water partition coefficient (Wildman–Crippen LogP) is -0.506. The number of benzene rings is 1. The minimum absolute atomic E-state index is 0.139. The molecule has 0 saturated carbocycles. The Kier molecular flexibility index (Phi) is 18.1. The summed E-state index contributed by atoms with van der Waals surface area (Å²) in [5, 5.41) is 18.4. The second-order valence-corrected chi connectivity index (χ2v) is 12.5. The van der Waals surface area contributed by atoms with Gasteiger partial charge in [0, 0.05) is 69.6 Å². The molecule has 1 aromatic rings. The molecule has 1 aliphatic heterocycles. The molecule has 1 aromatic carbocycles. The van der Waals surface area contributed by atoms with Crippen molar-refractivity contribution in [2.24, 2.45) is 5.92 Å². The van der Waals surface area contributed by atoms with Gasteiger partial charge in [0.1, 0.15) is 0 Å². The summed E-state index contributed by atoms with van der Waals surface area (Å²) >= 11 is 0.